The van der Waals surface area contributed by atoms with Crippen molar-refractivity contribution < 1.29 is 47.8 Å². The number of halogens is 2. The number of piperidine rings is 1. The summed E-state index contributed by atoms with van der Waals surface area (Å²) in [6, 6.07) is -0.00383. The summed E-state index contributed by atoms with van der Waals surface area (Å²) in [7, 11) is 0. The van der Waals surface area contributed by atoms with Crippen molar-refractivity contribution in [2.24, 2.45) is 28.6 Å². The number of aromatic carboxylic acids is 1. The van der Waals surface area contributed by atoms with Gasteiger partial charge in [0, 0.05) is 19.5 Å². The van der Waals surface area contributed by atoms with Gasteiger partial charge in [-0.3, -0.25) is 14.4 Å². The number of hydrogen-bond acceptors (Lipinski definition) is 6. The van der Waals surface area contributed by atoms with E-state index in [2.05, 4.69) is 21.3 Å². The molecular weight excluding hydrogens is 632 g/mol. The van der Waals surface area contributed by atoms with Crippen molar-refractivity contribution in [3.63, 3.8) is 0 Å². The van der Waals surface area contributed by atoms with E-state index < -0.39 is 84.0 Å². The topological polar surface area (TPSA) is 194 Å². The molecule has 1 saturated heterocycles. The molecule has 13 nitrogen and oxygen atoms in total. The molecule has 5 amide bonds. The van der Waals surface area contributed by atoms with Crippen LogP contribution in [0.3, 0.4) is 0 Å². The predicted octanol–water partition coefficient (Wildman–Crippen LogP) is 2.49. The average molecular weight is 680 g/mol. The molecule has 0 spiro atoms. The van der Waals surface area contributed by atoms with Gasteiger partial charge >= 0.3 is 18.0 Å². The van der Waals surface area contributed by atoms with Crippen LogP contribution in [0, 0.1) is 28.6 Å². The molecule has 1 saturated carbocycles. The second-order valence-electron chi connectivity index (χ2n) is 14.6. The number of carbonyl (C=O) groups is 6. The Morgan fingerprint density at radius 1 is 0.979 bits per heavy atom. The van der Waals surface area contributed by atoms with Crippen LogP contribution in [0.15, 0.2) is 24.3 Å². The summed E-state index contributed by atoms with van der Waals surface area (Å²) in [5.74, 6) is -5.38. The van der Waals surface area contributed by atoms with Crippen LogP contribution >= 0.6 is 0 Å². The van der Waals surface area contributed by atoms with Gasteiger partial charge in [0.2, 0.25) is 24.1 Å². The Kier molecular flexibility index (Phi) is 11.8. The highest BCUT2D eigenvalue weighted by atomic mass is 19.3. The highest BCUT2D eigenvalue weighted by Crippen LogP contribution is 2.65. The molecule has 266 valence electrons. The SMILES string of the molecule is CC(C)[C@H](NC(=O)N[C@H](C(=O)N1C[C@H]2[C@@H]([C@H]1C(=O)NC(CC(F)F)C(=O)NCCc1ccc(C(=O)O)cc1)C2(C)C)C(C)(C)C)C(=O)O. The van der Waals surface area contributed by atoms with Crippen LogP contribution in [0.1, 0.15) is 70.8 Å². The number of carboxylic acids is 2. The highest BCUT2D eigenvalue weighted by Gasteiger charge is 2.70. The summed E-state index contributed by atoms with van der Waals surface area (Å²) in [5, 5.41) is 28.5. The van der Waals surface area contributed by atoms with Crippen molar-refractivity contribution in [3.8, 4) is 0 Å². The van der Waals surface area contributed by atoms with Crippen molar-refractivity contribution in [2.45, 2.75) is 91.9 Å². The minimum atomic E-state index is -2.93. The van der Waals surface area contributed by atoms with Crippen molar-refractivity contribution in [1.29, 1.82) is 0 Å². The largest absolute Gasteiger partial charge is 0.480 e. The van der Waals surface area contributed by atoms with Gasteiger partial charge in [-0.1, -0.05) is 60.6 Å². The zero-order valence-electron chi connectivity index (χ0n) is 28.3. The summed E-state index contributed by atoms with van der Waals surface area (Å²) in [5.41, 5.74) is -0.423. The Hall–Kier alpha value is -4.30. The number of benzene rings is 1. The third-order valence-corrected chi connectivity index (χ3v) is 9.33. The lowest BCUT2D eigenvalue weighted by molar-refractivity contribution is -0.144. The molecule has 1 aromatic rings. The smallest absolute Gasteiger partial charge is 0.335 e. The molecule has 0 bridgehead atoms. The molecule has 0 radical (unpaired) electrons. The van der Waals surface area contributed by atoms with Gasteiger partial charge in [0.15, 0.2) is 0 Å². The van der Waals surface area contributed by atoms with E-state index in [-0.39, 0.29) is 42.3 Å². The number of amides is 5. The maximum absolute atomic E-state index is 14.1. The van der Waals surface area contributed by atoms with Crippen molar-refractivity contribution in [3.05, 3.63) is 35.4 Å². The fourth-order valence-corrected chi connectivity index (χ4v) is 6.39. The lowest BCUT2D eigenvalue weighted by atomic mass is 9.85. The van der Waals surface area contributed by atoms with Crippen LogP contribution in [0.5, 0.6) is 0 Å². The van der Waals surface area contributed by atoms with Gasteiger partial charge in [-0.2, -0.15) is 0 Å². The van der Waals surface area contributed by atoms with Crippen LogP contribution < -0.4 is 21.3 Å². The van der Waals surface area contributed by atoms with Crippen molar-refractivity contribution >= 4 is 35.7 Å². The molecule has 1 aromatic carbocycles. The highest BCUT2D eigenvalue weighted by molar-refractivity contribution is 5.96. The molecule has 1 heterocycles. The fraction of sp³-hybridized carbons (Fsp3) is 0.636. The molecule has 3 rings (SSSR count). The lowest BCUT2D eigenvalue weighted by Crippen LogP contribution is -2.62. The monoisotopic (exact) mass is 679 g/mol. The van der Waals surface area contributed by atoms with Crippen LogP contribution in [0.25, 0.3) is 0 Å². The number of alkyl halides is 2. The van der Waals surface area contributed by atoms with Gasteiger partial charge in [0.05, 0.1) is 5.56 Å². The van der Waals surface area contributed by atoms with E-state index in [9.17, 15) is 42.7 Å². The van der Waals surface area contributed by atoms with E-state index in [0.29, 0.717) is 5.56 Å². The molecule has 1 unspecified atom stereocenters. The van der Waals surface area contributed by atoms with Crippen LogP contribution in [-0.2, 0) is 25.6 Å². The second kappa shape index (κ2) is 14.9. The Balaban J connectivity index is 1.76. The first kappa shape index (κ1) is 38.2. The molecule has 2 aliphatic rings. The van der Waals surface area contributed by atoms with Crippen LogP contribution in [-0.4, -0.2) is 94.5 Å². The normalized spacial score (nSPS) is 21.5. The Morgan fingerprint density at radius 2 is 1.58 bits per heavy atom. The number of carboxylic acid groups (broad SMARTS) is 2. The molecule has 6 atom stereocenters. The maximum atomic E-state index is 14.1. The summed E-state index contributed by atoms with van der Waals surface area (Å²) >= 11 is 0. The van der Waals surface area contributed by atoms with Crippen molar-refractivity contribution in [1.82, 2.24) is 26.2 Å². The summed E-state index contributed by atoms with van der Waals surface area (Å²) in [6.45, 7) is 12.4. The standard InChI is InChI=1S/C33H47F2N5O8/c1-16(2)23(30(46)47)38-31(48)39-25(32(3,4)5)28(43)40-15-19-22(33(19,6)7)24(40)27(42)37-20(14-21(34)35)26(41)36-13-12-17-8-10-18(11-9-17)29(44)45/h8-11,16,19-25H,12-15H2,1-7H3,(H,36,41)(H,37,42)(H,44,45)(H,46,47)(H2,38,39,48)/t19-,20?,22-,23-,24-,25+/m0/s1. The number of likely N-dealkylation sites (tertiary alicyclic amines) is 1. The quantitative estimate of drug-likeness (QED) is 0.173. The van der Waals surface area contributed by atoms with Gasteiger partial charge in [0.25, 0.3) is 0 Å². The molecule has 2 fully saturated rings. The van der Waals surface area contributed by atoms with E-state index in [1.54, 1.807) is 46.8 Å². The molecule has 1 aliphatic heterocycles. The van der Waals surface area contributed by atoms with Gasteiger partial charge < -0.3 is 36.4 Å². The van der Waals surface area contributed by atoms with Gasteiger partial charge in [0.1, 0.15) is 24.2 Å². The molecule has 48 heavy (non-hydrogen) atoms. The zero-order valence-corrected chi connectivity index (χ0v) is 28.3. The number of urea groups is 1. The van der Waals surface area contributed by atoms with E-state index in [0.717, 1.165) is 0 Å². The Labute approximate surface area is 278 Å². The van der Waals surface area contributed by atoms with E-state index in [1.165, 1.54) is 17.0 Å². The number of fused-ring (bicyclic) bond motifs is 1. The maximum Gasteiger partial charge on any atom is 0.335 e. The first-order valence-electron chi connectivity index (χ1n) is 16.0. The number of hydrogen-bond donors (Lipinski definition) is 6. The average Bonchev–Trinajstić information content (AvgIpc) is 3.28. The number of rotatable bonds is 14. The number of carbonyl (C=O) groups excluding carboxylic acids is 4. The van der Waals surface area contributed by atoms with E-state index in [4.69, 9.17) is 5.11 Å². The molecule has 1 aliphatic carbocycles. The van der Waals surface area contributed by atoms with Crippen LogP contribution in [0.4, 0.5) is 13.6 Å². The Bertz CT molecular complexity index is 1400. The minimum Gasteiger partial charge on any atom is -0.480 e. The third kappa shape index (κ3) is 8.98. The zero-order chi connectivity index (χ0) is 36.3. The number of aliphatic carboxylic acids is 1. The number of nitrogens with zero attached hydrogens (tertiary/aromatic N) is 1. The van der Waals surface area contributed by atoms with E-state index in [1.807, 2.05) is 13.8 Å². The molecule has 6 N–H and O–H groups in total. The summed E-state index contributed by atoms with van der Waals surface area (Å²) in [4.78, 5) is 77.8. The third-order valence-electron chi connectivity index (χ3n) is 9.33. The van der Waals surface area contributed by atoms with Crippen molar-refractivity contribution in [2.75, 3.05) is 13.1 Å². The second-order valence-corrected chi connectivity index (χ2v) is 14.6. The summed E-state index contributed by atoms with van der Waals surface area (Å²) in [6.07, 6.45) is -3.61. The Morgan fingerprint density at radius 3 is 2.08 bits per heavy atom. The molecular formula is C33H47F2N5O8. The van der Waals surface area contributed by atoms with E-state index >= 15 is 0 Å². The summed E-state index contributed by atoms with van der Waals surface area (Å²) < 4.78 is 27.2. The van der Waals surface area contributed by atoms with Crippen LogP contribution in [0.2, 0.25) is 0 Å². The molecule has 0 aromatic heterocycles. The minimum absolute atomic E-state index is 0.0349. The van der Waals surface area contributed by atoms with Gasteiger partial charge in [-0.25, -0.2) is 23.2 Å². The number of nitrogens with one attached hydrogen (secondary N) is 4. The lowest BCUT2D eigenvalue weighted by Gasteiger charge is -2.38. The first-order chi connectivity index (χ1) is 22.2. The first-order valence-corrected chi connectivity index (χ1v) is 16.0. The predicted molar refractivity (Wildman–Crippen MR) is 170 cm³/mol. The van der Waals surface area contributed by atoms with Gasteiger partial charge in [-0.05, 0) is 52.7 Å². The van der Waals surface area contributed by atoms with Gasteiger partial charge in [-0.15, -0.1) is 0 Å². The fourth-order valence-electron chi connectivity index (χ4n) is 6.39. The molecule has 15 heteroatoms.